The molecule has 0 saturated carbocycles. The van der Waals surface area contributed by atoms with Crippen molar-refractivity contribution in [1.82, 2.24) is 4.90 Å². The van der Waals surface area contributed by atoms with Crippen LogP contribution in [-0.2, 0) is 38.0 Å². The van der Waals surface area contributed by atoms with Crippen LogP contribution < -0.4 is 0 Å². The largest absolute Gasteiger partial charge is 0.509 e. The maximum Gasteiger partial charge on any atom is 0.509 e. The van der Waals surface area contributed by atoms with Crippen LogP contribution in [0.25, 0.3) is 0 Å². The first kappa shape index (κ1) is 55.6. The van der Waals surface area contributed by atoms with E-state index < -0.39 is 24.3 Å². The molecule has 0 aliphatic rings. The van der Waals surface area contributed by atoms with E-state index in [0.717, 1.165) is 83.7 Å². The van der Waals surface area contributed by atoms with Gasteiger partial charge in [-0.2, -0.15) is 0 Å². The third-order valence-corrected chi connectivity index (χ3v) is 10.2. The maximum absolute atomic E-state index is 12.9. The molecule has 0 aliphatic heterocycles. The molecule has 10 nitrogen and oxygen atoms in total. The number of carbonyl (C=O) groups is 3. The number of hydrogen-bond donors (Lipinski definition) is 0. The highest BCUT2D eigenvalue weighted by molar-refractivity contribution is 5.69. The molecule has 0 saturated heterocycles. The minimum atomic E-state index is -0.812. The van der Waals surface area contributed by atoms with Crippen LogP contribution in [0.2, 0.25) is 0 Å². The molecule has 10 heteroatoms. The molecule has 58 heavy (non-hydrogen) atoms. The number of allylic oxidation sites excluding steroid dienone is 4. The van der Waals surface area contributed by atoms with Crippen molar-refractivity contribution < 1.29 is 42.8 Å². The Morgan fingerprint density at radius 1 is 0.483 bits per heavy atom. The third kappa shape index (κ3) is 39.1. The zero-order valence-electron chi connectivity index (χ0n) is 38.1. The number of carbonyl (C=O) groups excluding carboxylic acids is 3. The number of ether oxygens (including phenoxy) is 6. The summed E-state index contributed by atoms with van der Waals surface area (Å²) in [5.41, 5.74) is 0. The zero-order valence-corrected chi connectivity index (χ0v) is 38.1. The van der Waals surface area contributed by atoms with Crippen molar-refractivity contribution in [3.63, 3.8) is 0 Å². The second-order valence-corrected chi connectivity index (χ2v) is 15.6. The Bertz CT molecular complexity index is 966. The van der Waals surface area contributed by atoms with Crippen molar-refractivity contribution in [2.45, 2.75) is 208 Å². The highest BCUT2D eigenvalue weighted by Gasteiger charge is 2.20. The summed E-state index contributed by atoms with van der Waals surface area (Å²) >= 11 is 0. The summed E-state index contributed by atoms with van der Waals surface area (Å²) in [6, 6.07) is 0. The van der Waals surface area contributed by atoms with Gasteiger partial charge in [0.15, 0.2) is 6.29 Å². The summed E-state index contributed by atoms with van der Waals surface area (Å²) in [6.45, 7) is 13.3. The van der Waals surface area contributed by atoms with Crippen molar-refractivity contribution in [1.29, 1.82) is 0 Å². The lowest BCUT2D eigenvalue weighted by Crippen LogP contribution is -2.30. The molecule has 0 heterocycles. The van der Waals surface area contributed by atoms with E-state index in [-0.39, 0.29) is 38.9 Å². The number of hydrogen-bond acceptors (Lipinski definition) is 10. The van der Waals surface area contributed by atoms with E-state index in [0.29, 0.717) is 26.1 Å². The summed E-state index contributed by atoms with van der Waals surface area (Å²) < 4.78 is 33.9. The monoisotopic (exact) mass is 824 g/mol. The SMILES string of the molecule is CCCCC/C=C\C/C=C\CCCCCCCC(=O)OCC(COC(=O)CCC(OCCCCCCCC)OCCCCCCCC)COC(=O)OCN(CC)CC. The molecule has 0 aliphatic carbocycles. The lowest BCUT2D eigenvalue weighted by molar-refractivity contribution is -0.161. The Labute approximate surface area is 355 Å². The molecule has 340 valence electrons. The molecule has 0 bridgehead atoms. The fourth-order valence-electron chi connectivity index (χ4n) is 6.21. The van der Waals surface area contributed by atoms with Gasteiger partial charge in [-0.15, -0.1) is 0 Å². The van der Waals surface area contributed by atoms with Crippen molar-refractivity contribution >= 4 is 18.1 Å². The molecule has 0 fully saturated rings. The highest BCUT2D eigenvalue weighted by atomic mass is 16.7. The molecule has 1 atom stereocenters. The summed E-state index contributed by atoms with van der Waals surface area (Å²) in [4.78, 5) is 39.8. The molecule has 0 aromatic heterocycles. The van der Waals surface area contributed by atoms with Gasteiger partial charge in [0.2, 0.25) is 0 Å². The second kappa shape index (κ2) is 44.1. The number of rotatable bonds is 43. The average molecular weight is 824 g/mol. The molecule has 0 rings (SSSR count). The summed E-state index contributed by atoms with van der Waals surface area (Å²) in [7, 11) is 0. The van der Waals surface area contributed by atoms with Crippen molar-refractivity contribution in [3.05, 3.63) is 24.3 Å². The molecule has 1 unspecified atom stereocenters. The van der Waals surface area contributed by atoms with Gasteiger partial charge in [-0.05, 0) is 64.5 Å². The van der Waals surface area contributed by atoms with E-state index >= 15 is 0 Å². The van der Waals surface area contributed by atoms with Crippen LogP contribution in [0.3, 0.4) is 0 Å². The van der Waals surface area contributed by atoms with E-state index in [1.807, 2.05) is 18.7 Å². The van der Waals surface area contributed by atoms with Crippen molar-refractivity contribution in [2.24, 2.45) is 5.92 Å². The normalized spacial score (nSPS) is 12.3. The molecule has 0 spiro atoms. The molecule has 0 amide bonds. The van der Waals surface area contributed by atoms with Gasteiger partial charge in [0.1, 0.15) is 26.6 Å². The zero-order chi connectivity index (χ0) is 42.6. The van der Waals surface area contributed by atoms with Gasteiger partial charge in [-0.25, -0.2) is 4.79 Å². The number of esters is 2. The van der Waals surface area contributed by atoms with Crippen LogP contribution >= 0.6 is 0 Å². The maximum atomic E-state index is 12.9. The van der Waals surface area contributed by atoms with Crippen LogP contribution in [0.15, 0.2) is 24.3 Å². The standard InChI is InChI=1S/C48H89NO9/c1-6-11-14-17-20-21-22-23-24-25-26-27-28-29-32-35-45(50)55-40-44(42-57-48(52)58-43-49(9-4)10-5)41-56-46(51)36-37-47(53-38-33-30-18-15-12-7-2)54-39-34-31-19-16-13-8-3/h20-21,23-24,44,47H,6-19,22,25-43H2,1-5H3/b21-20-,24-23-. The smallest absolute Gasteiger partial charge is 0.465 e. The quantitative estimate of drug-likeness (QED) is 0.0194. The van der Waals surface area contributed by atoms with Gasteiger partial charge in [0, 0.05) is 26.1 Å². The molecule has 0 aromatic carbocycles. The first-order valence-electron chi connectivity index (χ1n) is 23.8. The predicted octanol–water partition coefficient (Wildman–Crippen LogP) is 12.8. The Hall–Kier alpha value is -2.43. The van der Waals surface area contributed by atoms with Gasteiger partial charge >= 0.3 is 18.1 Å². The van der Waals surface area contributed by atoms with E-state index in [9.17, 15) is 14.4 Å². The first-order valence-corrected chi connectivity index (χ1v) is 23.8. The Morgan fingerprint density at radius 2 is 0.931 bits per heavy atom. The van der Waals surface area contributed by atoms with E-state index in [2.05, 4.69) is 45.1 Å². The number of nitrogens with zero attached hydrogens (tertiary/aromatic N) is 1. The van der Waals surface area contributed by atoms with E-state index in [1.54, 1.807) is 0 Å². The Balaban J connectivity index is 4.79. The van der Waals surface area contributed by atoms with Gasteiger partial charge in [0.25, 0.3) is 0 Å². The van der Waals surface area contributed by atoms with Crippen molar-refractivity contribution in [2.75, 3.05) is 52.9 Å². The molecule has 0 radical (unpaired) electrons. The summed E-state index contributed by atoms with van der Waals surface area (Å²) in [5, 5.41) is 0. The van der Waals surface area contributed by atoms with Crippen LogP contribution in [0.5, 0.6) is 0 Å². The average Bonchev–Trinajstić information content (AvgIpc) is 3.23. The van der Waals surface area contributed by atoms with Crippen LogP contribution in [0.4, 0.5) is 4.79 Å². The van der Waals surface area contributed by atoms with Crippen LogP contribution in [0.1, 0.15) is 202 Å². The second-order valence-electron chi connectivity index (χ2n) is 15.6. The third-order valence-electron chi connectivity index (χ3n) is 10.2. The first-order chi connectivity index (χ1) is 28.4. The van der Waals surface area contributed by atoms with E-state index in [1.165, 1.54) is 77.0 Å². The summed E-state index contributed by atoms with van der Waals surface area (Å²) in [5.74, 6) is -1.23. The lowest BCUT2D eigenvalue weighted by Gasteiger charge is -2.20. The lowest BCUT2D eigenvalue weighted by atomic mass is 10.1. The Kier molecular flexibility index (Phi) is 42.3. The van der Waals surface area contributed by atoms with Crippen molar-refractivity contribution in [3.8, 4) is 0 Å². The molecule has 0 N–H and O–H groups in total. The Morgan fingerprint density at radius 3 is 1.48 bits per heavy atom. The predicted molar refractivity (Wildman–Crippen MR) is 237 cm³/mol. The van der Waals surface area contributed by atoms with Gasteiger partial charge in [0.05, 0.1) is 12.3 Å². The fraction of sp³-hybridized carbons (Fsp3) is 0.854. The molecular formula is C48H89NO9. The van der Waals surface area contributed by atoms with Gasteiger partial charge in [-0.1, -0.05) is 155 Å². The van der Waals surface area contributed by atoms with Gasteiger partial charge < -0.3 is 28.4 Å². The van der Waals surface area contributed by atoms with Gasteiger partial charge in [-0.3, -0.25) is 14.5 Å². The minimum absolute atomic E-state index is 0.0267. The molecule has 0 aromatic rings. The molecular weight excluding hydrogens is 735 g/mol. The van der Waals surface area contributed by atoms with Crippen LogP contribution in [-0.4, -0.2) is 82.1 Å². The minimum Gasteiger partial charge on any atom is -0.465 e. The topological polar surface area (TPSA) is 110 Å². The number of unbranched alkanes of at least 4 members (excludes halogenated alkanes) is 18. The van der Waals surface area contributed by atoms with E-state index in [4.69, 9.17) is 28.4 Å². The van der Waals surface area contributed by atoms with Crippen LogP contribution in [0, 0.1) is 5.92 Å². The fourth-order valence-corrected chi connectivity index (χ4v) is 6.21. The summed E-state index contributed by atoms with van der Waals surface area (Å²) in [6.07, 6.45) is 34.9. The highest BCUT2D eigenvalue weighted by Crippen LogP contribution is 2.14.